The van der Waals surface area contributed by atoms with Crippen molar-refractivity contribution in [2.45, 2.75) is 58.0 Å². The molecule has 2 nitrogen and oxygen atoms in total. The van der Waals surface area contributed by atoms with Crippen LogP contribution in [0.25, 0.3) is 0 Å². The van der Waals surface area contributed by atoms with Gasteiger partial charge < -0.3 is 10.6 Å². The number of hydrogen-bond donors (Lipinski definition) is 1. The van der Waals surface area contributed by atoms with Gasteiger partial charge in [-0.1, -0.05) is 19.8 Å². The highest BCUT2D eigenvalue weighted by Gasteiger charge is 2.41. The average Bonchev–Trinajstić information content (AvgIpc) is 2.38. The fourth-order valence-electron chi connectivity index (χ4n) is 3.21. The highest BCUT2D eigenvalue weighted by Crippen LogP contribution is 2.33. The Morgan fingerprint density at radius 3 is 2.60 bits per heavy atom. The molecule has 2 N–H and O–H groups in total. The molecule has 2 unspecified atom stereocenters. The van der Waals surface area contributed by atoms with Crippen molar-refractivity contribution in [3.63, 3.8) is 0 Å². The van der Waals surface area contributed by atoms with Crippen LogP contribution in [0.3, 0.4) is 0 Å². The highest BCUT2D eigenvalue weighted by atomic mass is 19.4. The number of rotatable bonds is 8. The van der Waals surface area contributed by atoms with E-state index in [1.807, 2.05) is 4.90 Å². The van der Waals surface area contributed by atoms with Crippen LogP contribution in [0, 0.1) is 11.8 Å². The molecule has 1 heterocycles. The summed E-state index contributed by atoms with van der Waals surface area (Å²) in [5.74, 6) is -0.472. The van der Waals surface area contributed by atoms with E-state index < -0.39 is 12.1 Å². The third-order valence-electron chi connectivity index (χ3n) is 4.33. The first-order chi connectivity index (χ1) is 9.47. The Kier molecular flexibility index (Phi) is 7.88. The summed E-state index contributed by atoms with van der Waals surface area (Å²) < 4.78 is 38.2. The van der Waals surface area contributed by atoms with Crippen molar-refractivity contribution in [1.29, 1.82) is 0 Å². The fraction of sp³-hybridized carbons (Fsp3) is 1.00. The maximum absolute atomic E-state index is 12.7. The van der Waals surface area contributed by atoms with Gasteiger partial charge in [0.2, 0.25) is 0 Å². The Morgan fingerprint density at radius 2 is 2.00 bits per heavy atom. The van der Waals surface area contributed by atoms with Crippen molar-refractivity contribution in [1.82, 2.24) is 4.90 Å². The smallest absolute Gasteiger partial charge is 0.330 e. The first-order valence-corrected chi connectivity index (χ1v) is 7.96. The Hall–Kier alpha value is -0.290. The van der Waals surface area contributed by atoms with Crippen LogP contribution in [0.1, 0.15) is 51.9 Å². The molecule has 1 aliphatic rings. The quantitative estimate of drug-likeness (QED) is 0.737. The van der Waals surface area contributed by atoms with Crippen molar-refractivity contribution in [3.05, 3.63) is 0 Å². The predicted molar refractivity (Wildman–Crippen MR) is 76.5 cm³/mol. The number of piperidine rings is 1. The summed E-state index contributed by atoms with van der Waals surface area (Å²) in [6, 6.07) is 0. The molecule has 0 aliphatic carbocycles. The van der Waals surface area contributed by atoms with Gasteiger partial charge >= 0.3 is 6.18 Å². The van der Waals surface area contributed by atoms with Crippen molar-refractivity contribution in [2.24, 2.45) is 17.6 Å². The first kappa shape index (κ1) is 17.8. The molecular weight excluding hydrogens is 265 g/mol. The number of alkyl halides is 3. The molecule has 1 rings (SSSR count). The lowest BCUT2D eigenvalue weighted by Crippen LogP contribution is -2.42. The molecule has 0 aromatic rings. The molecule has 0 aromatic heterocycles. The van der Waals surface area contributed by atoms with Gasteiger partial charge in [-0.2, -0.15) is 13.2 Å². The summed E-state index contributed by atoms with van der Waals surface area (Å²) in [6.07, 6.45) is 2.42. The zero-order chi connectivity index (χ0) is 15.0. The standard InChI is InChI=1S/C15H29F3N2/c1-2-5-13(8-9-19)6-3-10-20-11-4-7-14(12-20)15(16,17)18/h13-14H,2-12,19H2,1H3. The summed E-state index contributed by atoms with van der Waals surface area (Å²) in [4.78, 5) is 1.99. The minimum absolute atomic E-state index is 0.193. The van der Waals surface area contributed by atoms with E-state index in [1.54, 1.807) is 0 Å². The summed E-state index contributed by atoms with van der Waals surface area (Å²) in [5, 5.41) is 0. The first-order valence-electron chi connectivity index (χ1n) is 7.96. The monoisotopic (exact) mass is 294 g/mol. The second-order valence-electron chi connectivity index (χ2n) is 6.06. The predicted octanol–water partition coefficient (Wildman–Crippen LogP) is 3.81. The van der Waals surface area contributed by atoms with Crippen LogP contribution in [-0.4, -0.2) is 37.3 Å². The average molecular weight is 294 g/mol. The summed E-state index contributed by atoms with van der Waals surface area (Å²) in [7, 11) is 0. The molecule has 1 saturated heterocycles. The van der Waals surface area contributed by atoms with Gasteiger partial charge in [0.15, 0.2) is 0 Å². The maximum atomic E-state index is 12.7. The molecule has 120 valence electrons. The Bertz CT molecular complexity index is 250. The van der Waals surface area contributed by atoms with Gasteiger partial charge in [-0.3, -0.25) is 0 Å². The third-order valence-corrected chi connectivity index (χ3v) is 4.33. The third kappa shape index (κ3) is 6.44. The van der Waals surface area contributed by atoms with Gasteiger partial charge in [0, 0.05) is 6.54 Å². The second-order valence-corrected chi connectivity index (χ2v) is 6.06. The lowest BCUT2D eigenvalue weighted by Gasteiger charge is -2.34. The van der Waals surface area contributed by atoms with E-state index in [9.17, 15) is 13.2 Å². The minimum Gasteiger partial charge on any atom is -0.330 e. The van der Waals surface area contributed by atoms with Crippen LogP contribution in [0.2, 0.25) is 0 Å². The topological polar surface area (TPSA) is 29.3 Å². The maximum Gasteiger partial charge on any atom is 0.393 e. The van der Waals surface area contributed by atoms with Gasteiger partial charge in [-0.05, 0) is 57.7 Å². The van der Waals surface area contributed by atoms with E-state index in [0.717, 1.165) is 38.8 Å². The van der Waals surface area contributed by atoms with Crippen LogP contribution in [0.4, 0.5) is 13.2 Å². The van der Waals surface area contributed by atoms with Crippen molar-refractivity contribution in [3.8, 4) is 0 Å². The minimum atomic E-state index is -4.02. The number of hydrogen-bond acceptors (Lipinski definition) is 2. The zero-order valence-electron chi connectivity index (χ0n) is 12.6. The van der Waals surface area contributed by atoms with Crippen LogP contribution < -0.4 is 5.73 Å². The lowest BCUT2D eigenvalue weighted by molar-refractivity contribution is -0.186. The number of nitrogens with two attached hydrogens (primary N) is 1. The Balaban J connectivity index is 2.27. The van der Waals surface area contributed by atoms with E-state index in [4.69, 9.17) is 5.73 Å². The van der Waals surface area contributed by atoms with E-state index in [0.29, 0.717) is 25.3 Å². The normalized spacial score (nSPS) is 22.9. The molecule has 0 aromatic carbocycles. The van der Waals surface area contributed by atoms with Crippen molar-refractivity contribution >= 4 is 0 Å². The van der Waals surface area contributed by atoms with E-state index >= 15 is 0 Å². The summed E-state index contributed by atoms with van der Waals surface area (Å²) in [5.41, 5.74) is 5.60. The van der Waals surface area contributed by atoms with Crippen LogP contribution in [-0.2, 0) is 0 Å². The molecule has 5 heteroatoms. The van der Waals surface area contributed by atoms with Crippen LogP contribution in [0.5, 0.6) is 0 Å². The van der Waals surface area contributed by atoms with Crippen LogP contribution >= 0.6 is 0 Å². The number of likely N-dealkylation sites (tertiary alicyclic amines) is 1. The van der Waals surface area contributed by atoms with Crippen molar-refractivity contribution < 1.29 is 13.2 Å². The molecule has 0 amide bonds. The number of nitrogens with zero attached hydrogens (tertiary/aromatic N) is 1. The van der Waals surface area contributed by atoms with E-state index in [2.05, 4.69) is 6.92 Å². The van der Waals surface area contributed by atoms with Gasteiger partial charge in [-0.25, -0.2) is 0 Å². The van der Waals surface area contributed by atoms with E-state index in [-0.39, 0.29) is 6.54 Å². The highest BCUT2D eigenvalue weighted by molar-refractivity contribution is 4.78. The largest absolute Gasteiger partial charge is 0.393 e. The lowest BCUT2D eigenvalue weighted by atomic mass is 9.93. The van der Waals surface area contributed by atoms with E-state index in [1.165, 1.54) is 6.42 Å². The molecule has 1 aliphatic heterocycles. The zero-order valence-corrected chi connectivity index (χ0v) is 12.6. The molecule has 0 spiro atoms. The van der Waals surface area contributed by atoms with Gasteiger partial charge in [-0.15, -0.1) is 0 Å². The molecule has 0 saturated carbocycles. The molecule has 0 bridgehead atoms. The van der Waals surface area contributed by atoms with Gasteiger partial charge in [0.25, 0.3) is 0 Å². The second kappa shape index (κ2) is 8.88. The van der Waals surface area contributed by atoms with Crippen LogP contribution in [0.15, 0.2) is 0 Å². The molecule has 2 atom stereocenters. The molecule has 0 radical (unpaired) electrons. The molecule has 20 heavy (non-hydrogen) atoms. The summed E-state index contributed by atoms with van der Waals surface area (Å²) >= 11 is 0. The Labute approximate surface area is 120 Å². The van der Waals surface area contributed by atoms with Gasteiger partial charge in [0.1, 0.15) is 0 Å². The fourth-order valence-corrected chi connectivity index (χ4v) is 3.21. The molecule has 1 fully saturated rings. The molecular formula is C15H29F3N2. The number of halogens is 3. The summed E-state index contributed by atoms with van der Waals surface area (Å²) in [6.45, 7) is 4.70. The van der Waals surface area contributed by atoms with Crippen molar-refractivity contribution in [2.75, 3.05) is 26.2 Å². The Morgan fingerprint density at radius 1 is 1.25 bits per heavy atom. The van der Waals surface area contributed by atoms with Gasteiger partial charge in [0.05, 0.1) is 5.92 Å². The SMILES string of the molecule is CCCC(CCN)CCCN1CCCC(C(F)(F)F)C1.